The molecule has 1 atom stereocenters. The summed E-state index contributed by atoms with van der Waals surface area (Å²) >= 11 is 0. The molecule has 0 radical (unpaired) electrons. The van der Waals surface area contributed by atoms with Gasteiger partial charge in [-0.15, -0.1) is 0 Å². The van der Waals surface area contributed by atoms with Crippen molar-refractivity contribution in [3.8, 4) is 0 Å². The maximum atomic E-state index is 11.8. The van der Waals surface area contributed by atoms with E-state index in [0.29, 0.717) is 6.54 Å². The van der Waals surface area contributed by atoms with E-state index in [2.05, 4.69) is 10.0 Å². The van der Waals surface area contributed by atoms with Gasteiger partial charge in [0.25, 0.3) is 0 Å². The van der Waals surface area contributed by atoms with Gasteiger partial charge in [-0.3, -0.25) is 0 Å². The second-order valence-corrected chi connectivity index (χ2v) is 5.98. The normalized spacial score (nSPS) is 14.9. The van der Waals surface area contributed by atoms with E-state index >= 15 is 0 Å². The van der Waals surface area contributed by atoms with Crippen molar-refractivity contribution >= 4 is 10.0 Å². The van der Waals surface area contributed by atoms with Gasteiger partial charge in [0, 0.05) is 13.0 Å². The summed E-state index contributed by atoms with van der Waals surface area (Å²) in [5, 5.41) is 2.88. The topological polar surface area (TPSA) is 58.2 Å². The van der Waals surface area contributed by atoms with Crippen molar-refractivity contribution in [3.63, 3.8) is 0 Å². The van der Waals surface area contributed by atoms with Crippen LogP contribution in [0.15, 0.2) is 0 Å². The fraction of sp³-hybridized carbons (Fsp3) is 1.00. The van der Waals surface area contributed by atoms with Crippen LogP contribution in [-0.2, 0) is 10.0 Å². The molecule has 1 unspecified atom stereocenters. The molecule has 0 aromatic heterocycles. The Bertz CT molecular complexity index is 304. The Balaban J connectivity index is 3.89. The Labute approximate surface area is 100 Å². The highest BCUT2D eigenvalue weighted by molar-refractivity contribution is 7.89. The van der Waals surface area contributed by atoms with Crippen molar-refractivity contribution in [2.75, 3.05) is 25.9 Å². The average Bonchev–Trinajstić information content (AvgIpc) is 2.13. The molecule has 4 nitrogen and oxygen atoms in total. The Morgan fingerprint density at radius 3 is 2.29 bits per heavy atom. The van der Waals surface area contributed by atoms with Crippen LogP contribution in [-0.4, -0.2) is 40.5 Å². The molecule has 0 aliphatic rings. The lowest BCUT2D eigenvalue weighted by Gasteiger charge is -2.12. The summed E-state index contributed by atoms with van der Waals surface area (Å²) < 4.78 is 60.4. The second kappa shape index (κ2) is 7.17. The first-order valence-electron chi connectivity index (χ1n) is 5.35. The summed E-state index contributed by atoms with van der Waals surface area (Å²) in [7, 11) is -1.85. The van der Waals surface area contributed by atoms with E-state index in [4.69, 9.17) is 0 Å². The number of halogens is 3. The van der Waals surface area contributed by atoms with Gasteiger partial charge < -0.3 is 5.32 Å². The van der Waals surface area contributed by atoms with Crippen molar-refractivity contribution in [3.05, 3.63) is 0 Å². The summed E-state index contributed by atoms with van der Waals surface area (Å²) in [4.78, 5) is 0. The molecule has 0 saturated carbocycles. The van der Waals surface area contributed by atoms with Crippen LogP contribution in [0, 0.1) is 5.92 Å². The highest BCUT2D eigenvalue weighted by Gasteiger charge is 2.27. The zero-order chi connectivity index (χ0) is 13.5. The molecule has 0 bridgehead atoms. The van der Waals surface area contributed by atoms with Crippen molar-refractivity contribution in [2.24, 2.45) is 5.92 Å². The summed E-state index contributed by atoms with van der Waals surface area (Å²) in [6, 6.07) is 0. The molecule has 0 aromatic rings. The van der Waals surface area contributed by atoms with Crippen molar-refractivity contribution < 1.29 is 21.6 Å². The fourth-order valence-electron chi connectivity index (χ4n) is 1.22. The minimum Gasteiger partial charge on any atom is -0.319 e. The van der Waals surface area contributed by atoms with Crippen LogP contribution < -0.4 is 10.0 Å². The third kappa shape index (κ3) is 10.5. The lowest BCUT2D eigenvalue weighted by Crippen LogP contribution is -2.33. The zero-order valence-electron chi connectivity index (χ0n) is 9.97. The van der Waals surface area contributed by atoms with E-state index in [1.54, 1.807) is 7.05 Å². The van der Waals surface area contributed by atoms with E-state index in [1.165, 1.54) is 0 Å². The Morgan fingerprint density at radius 2 is 1.82 bits per heavy atom. The summed E-state index contributed by atoms with van der Waals surface area (Å²) in [5.41, 5.74) is 0. The van der Waals surface area contributed by atoms with Gasteiger partial charge in [0.2, 0.25) is 10.0 Å². The Hall–Kier alpha value is -0.340. The summed E-state index contributed by atoms with van der Waals surface area (Å²) in [6.07, 6.45) is -5.77. The third-order valence-electron chi connectivity index (χ3n) is 2.08. The maximum Gasteiger partial charge on any atom is 0.389 e. The molecular formula is C9H19F3N2O2S. The molecule has 0 aromatic carbocycles. The molecule has 0 heterocycles. The minimum atomic E-state index is -4.30. The molecule has 0 saturated heterocycles. The van der Waals surface area contributed by atoms with E-state index in [9.17, 15) is 21.6 Å². The summed E-state index contributed by atoms with van der Waals surface area (Å²) in [6.45, 7) is 2.72. The van der Waals surface area contributed by atoms with Gasteiger partial charge in [-0.1, -0.05) is 6.92 Å². The van der Waals surface area contributed by atoms with Crippen LogP contribution in [0.4, 0.5) is 13.2 Å². The molecular weight excluding hydrogens is 257 g/mol. The predicted molar refractivity (Wildman–Crippen MR) is 60.2 cm³/mol. The number of hydrogen-bond acceptors (Lipinski definition) is 3. The number of hydrogen-bond donors (Lipinski definition) is 2. The second-order valence-electron chi connectivity index (χ2n) is 4.05. The van der Waals surface area contributed by atoms with Crippen molar-refractivity contribution in [1.82, 2.24) is 10.0 Å². The average molecular weight is 276 g/mol. The highest BCUT2D eigenvalue weighted by atomic mass is 32.2. The molecule has 8 heteroatoms. The van der Waals surface area contributed by atoms with E-state index < -0.39 is 34.8 Å². The molecule has 2 N–H and O–H groups in total. The zero-order valence-corrected chi connectivity index (χ0v) is 10.8. The quantitative estimate of drug-likeness (QED) is 0.698. The summed E-state index contributed by atoms with van der Waals surface area (Å²) in [5.74, 6) is -0.393. The van der Waals surface area contributed by atoms with Crippen LogP contribution in [0.2, 0.25) is 0 Å². The number of sulfonamides is 1. The molecule has 0 fully saturated rings. The number of nitrogens with one attached hydrogen (secondary N) is 2. The van der Waals surface area contributed by atoms with Crippen LogP contribution in [0.5, 0.6) is 0 Å². The molecule has 0 amide bonds. The van der Waals surface area contributed by atoms with Gasteiger partial charge in [0.1, 0.15) is 0 Å². The lowest BCUT2D eigenvalue weighted by molar-refractivity contribution is -0.134. The standard InChI is InChI=1S/C9H19F3N2O2S/c1-8(6-13-2)7-14-17(15,16)5-3-4-9(10,11)12/h8,13-14H,3-7H2,1-2H3. The van der Waals surface area contributed by atoms with Gasteiger partial charge in [0.15, 0.2) is 0 Å². The first-order valence-corrected chi connectivity index (χ1v) is 7.00. The molecule has 17 heavy (non-hydrogen) atoms. The van der Waals surface area contributed by atoms with Gasteiger partial charge in [0.05, 0.1) is 5.75 Å². The monoisotopic (exact) mass is 276 g/mol. The molecule has 104 valence electrons. The van der Waals surface area contributed by atoms with Gasteiger partial charge in [-0.2, -0.15) is 13.2 Å². The van der Waals surface area contributed by atoms with Crippen LogP contribution >= 0.6 is 0 Å². The molecule has 0 rings (SSSR count). The smallest absolute Gasteiger partial charge is 0.319 e. The SMILES string of the molecule is CNCC(C)CNS(=O)(=O)CCCC(F)(F)F. The minimum absolute atomic E-state index is 0.0948. The highest BCUT2D eigenvalue weighted by Crippen LogP contribution is 2.21. The van der Waals surface area contributed by atoms with Gasteiger partial charge in [-0.05, 0) is 25.9 Å². The van der Waals surface area contributed by atoms with Crippen LogP contribution in [0.1, 0.15) is 19.8 Å². The van der Waals surface area contributed by atoms with Crippen LogP contribution in [0.25, 0.3) is 0 Å². The van der Waals surface area contributed by atoms with Gasteiger partial charge >= 0.3 is 6.18 Å². The fourth-order valence-corrected chi connectivity index (χ4v) is 2.43. The van der Waals surface area contributed by atoms with Crippen molar-refractivity contribution in [1.29, 1.82) is 0 Å². The Kier molecular flexibility index (Phi) is 7.03. The first kappa shape index (κ1) is 16.7. The molecule has 0 spiro atoms. The Morgan fingerprint density at radius 1 is 1.24 bits per heavy atom. The number of alkyl halides is 3. The predicted octanol–water partition coefficient (Wildman–Crippen LogP) is 1.10. The van der Waals surface area contributed by atoms with Gasteiger partial charge in [-0.25, -0.2) is 13.1 Å². The largest absolute Gasteiger partial charge is 0.389 e. The van der Waals surface area contributed by atoms with Crippen molar-refractivity contribution in [2.45, 2.75) is 25.9 Å². The van der Waals surface area contributed by atoms with E-state index in [1.807, 2.05) is 6.92 Å². The van der Waals surface area contributed by atoms with E-state index in [0.717, 1.165) is 0 Å². The first-order chi connectivity index (χ1) is 7.66. The molecule has 0 aliphatic heterocycles. The van der Waals surface area contributed by atoms with Crippen LogP contribution in [0.3, 0.4) is 0 Å². The maximum absolute atomic E-state index is 11.8. The third-order valence-corrected chi connectivity index (χ3v) is 3.51. The number of rotatable bonds is 8. The van der Waals surface area contributed by atoms with E-state index in [-0.39, 0.29) is 12.5 Å². The lowest BCUT2D eigenvalue weighted by atomic mass is 10.2. The molecule has 0 aliphatic carbocycles.